The SMILES string of the molecule is CC1C/C(CC2(F)CCC=C(C(=O)c3ccc(C4CCN([C@@H](C)c5cc6c(-c7ccc(N)nc7)ccnc6n5C)CC4)cc3)CC2)=C/CCN(Cc2ccc3c(c2)n(C)c(=O)n3C2CCC(=O)NC2=O)C1. The Kier molecular flexibility index (Phi) is 13.5. The van der Waals surface area contributed by atoms with Crippen LogP contribution in [0.15, 0.2) is 107 Å². The van der Waals surface area contributed by atoms with E-state index in [4.69, 9.17) is 10.7 Å². The highest BCUT2D eigenvalue weighted by molar-refractivity contribution is 6.08. The molecule has 0 radical (unpaired) electrons. The third-order valence-electron chi connectivity index (χ3n) is 16.0. The van der Waals surface area contributed by atoms with Crippen molar-refractivity contribution in [1.29, 1.82) is 0 Å². The first-order valence-electron chi connectivity index (χ1n) is 25.6. The molecule has 4 aliphatic rings. The molecule has 2 saturated heterocycles. The quantitative estimate of drug-likeness (QED) is 0.0735. The molecule has 3 aliphatic heterocycles. The van der Waals surface area contributed by atoms with E-state index in [-0.39, 0.29) is 29.8 Å². The lowest BCUT2D eigenvalue weighted by Crippen LogP contribution is -2.44. The van der Waals surface area contributed by atoms with Crippen molar-refractivity contribution < 1.29 is 18.8 Å². The van der Waals surface area contributed by atoms with Crippen molar-refractivity contribution in [1.82, 2.24) is 38.8 Å². The fourth-order valence-electron chi connectivity index (χ4n) is 12.1. The lowest BCUT2D eigenvalue weighted by molar-refractivity contribution is -0.135. The molecule has 3 N–H and O–H groups in total. The van der Waals surface area contributed by atoms with E-state index in [0.29, 0.717) is 73.8 Å². The Balaban J connectivity index is 0.710. The highest BCUT2D eigenvalue weighted by Gasteiger charge is 2.35. The van der Waals surface area contributed by atoms with Gasteiger partial charge in [0.1, 0.15) is 23.2 Å². The van der Waals surface area contributed by atoms with Crippen LogP contribution in [0.5, 0.6) is 0 Å². The molecular weight excluding hydrogens is 894 g/mol. The van der Waals surface area contributed by atoms with Crippen molar-refractivity contribution in [3.63, 3.8) is 0 Å². The lowest BCUT2D eigenvalue weighted by Gasteiger charge is -2.36. The number of nitrogens with zero attached hydrogens (tertiary/aromatic N) is 7. The Morgan fingerprint density at radius 3 is 2.45 bits per heavy atom. The number of nitrogens with two attached hydrogens (primary N) is 1. The topological polar surface area (TPSA) is 153 Å². The number of piperidine rings is 2. The van der Waals surface area contributed by atoms with Crippen LogP contribution in [0.25, 0.3) is 33.2 Å². The van der Waals surface area contributed by atoms with E-state index in [2.05, 4.69) is 69.8 Å². The summed E-state index contributed by atoms with van der Waals surface area (Å²) in [4.78, 5) is 65.7. The number of halogens is 1. The molecule has 3 unspecified atom stereocenters. The van der Waals surface area contributed by atoms with Crippen LogP contribution in [-0.4, -0.2) is 82.9 Å². The number of ketones is 1. The molecule has 6 aromatic rings. The number of alkyl halides is 1. The number of likely N-dealkylation sites (tertiary alicyclic amines) is 1. The molecule has 2 aromatic carbocycles. The monoisotopic (exact) mass is 960 g/mol. The number of imide groups is 1. The molecule has 370 valence electrons. The predicted molar refractivity (Wildman–Crippen MR) is 276 cm³/mol. The minimum absolute atomic E-state index is 0.0110. The normalized spacial score (nSPS) is 23.4. The summed E-state index contributed by atoms with van der Waals surface area (Å²) in [5.74, 6) is 0.490. The van der Waals surface area contributed by atoms with Crippen molar-refractivity contribution in [2.75, 3.05) is 31.9 Å². The number of allylic oxidation sites excluding steroid dienone is 3. The summed E-state index contributed by atoms with van der Waals surface area (Å²) < 4.78 is 22.2. The fourth-order valence-corrected chi connectivity index (χ4v) is 12.1. The third kappa shape index (κ3) is 9.93. The molecule has 0 saturated carbocycles. The summed E-state index contributed by atoms with van der Waals surface area (Å²) in [7, 11) is 3.82. The zero-order valence-electron chi connectivity index (χ0n) is 41.5. The summed E-state index contributed by atoms with van der Waals surface area (Å²) >= 11 is 0. The Bertz CT molecular complexity index is 3120. The van der Waals surface area contributed by atoms with Gasteiger partial charge in [-0.25, -0.2) is 19.2 Å². The molecule has 14 heteroatoms. The van der Waals surface area contributed by atoms with Crippen LogP contribution < -0.4 is 16.7 Å². The number of nitrogens with one attached hydrogen (secondary N) is 1. The van der Waals surface area contributed by atoms with E-state index in [0.717, 1.165) is 90.7 Å². The van der Waals surface area contributed by atoms with Crippen LogP contribution in [0, 0.1) is 5.92 Å². The van der Waals surface area contributed by atoms with Crippen LogP contribution in [-0.2, 0) is 30.2 Å². The van der Waals surface area contributed by atoms with Gasteiger partial charge in [0, 0.05) is 87.2 Å². The molecule has 1 aliphatic carbocycles. The van der Waals surface area contributed by atoms with Crippen LogP contribution >= 0.6 is 0 Å². The number of nitrogen functional groups attached to an aromatic ring is 1. The number of carbonyl (C=O) groups excluding carboxylic acids is 3. The number of aromatic nitrogens is 5. The van der Waals surface area contributed by atoms with Crippen molar-refractivity contribution in [3.8, 4) is 11.1 Å². The minimum Gasteiger partial charge on any atom is -0.384 e. The number of amides is 2. The maximum Gasteiger partial charge on any atom is 0.329 e. The Labute approximate surface area is 414 Å². The molecule has 7 heterocycles. The van der Waals surface area contributed by atoms with Crippen LogP contribution in [0.2, 0.25) is 0 Å². The largest absolute Gasteiger partial charge is 0.384 e. The predicted octanol–water partition coefficient (Wildman–Crippen LogP) is 9.43. The Hall–Kier alpha value is -6.51. The van der Waals surface area contributed by atoms with Crippen molar-refractivity contribution in [2.45, 2.75) is 115 Å². The van der Waals surface area contributed by atoms with E-state index in [9.17, 15) is 19.2 Å². The number of hydrogen-bond acceptors (Lipinski definition) is 9. The third-order valence-corrected chi connectivity index (χ3v) is 16.0. The fraction of sp³-hybridized carbons (Fsp3) is 0.439. The number of benzene rings is 2. The first kappa shape index (κ1) is 48.1. The zero-order chi connectivity index (χ0) is 49.6. The van der Waals surface area contributed by atoms with Gasteiger partial charge in [0.25, 0.3) is 0 Å². The second-order valence-electron chi connectivity index (χ2n) is 20.9. The number of rotatable bonds is 11. The van der Waals surface area contributed by atoms with Crippen molar-refractivity contribution in [3.05, 3.63) is 135 Å². The number of hydrogen-bond donors (Lipinski definition) is 2. The smallest absolute Gasteiger partial charge is 0.329 e. The number of Topliss-reactive ketones (excluding diaryl/α,β-unsaturated/α-hetero) is 1. The molecule has 13 nitrogen and oxygen atoms in total. The van der Waals surface area contributed by atoms with Crippen molar-refractivity contribution in [2.24, 2.45) is 20.0 Å². The maximum absolute atomic E-state index is 16.9. The number of imidazole rings is 1. The van der Waals surface area contributed by atoms with E-state index in [1.807, 2.05) is 67.0 Å². The molecule has 10 rings (SSSR count). The summed E-state index contributed by atoms with van der Waals surface area (Å²) in [5.41, 5.74) is 14.9. The van der Waals surface area contributed by atoms with Gasteiger partial charge < -0.3 is 10.3 Å². The molecule has 4 aromatic heterocycles. The second-order valence-corrected chi connectivity index (χ2v) is 20.9. The first-order valence-corrected chi connectivity index (χ1v) is 25.6. The van der Waals surface area contributed by atoms with Gasteiger partial charge in [0.05, 0.1) is 11.0 Å². The number of aryl methyl sites for hydroxylation is 2. The Morgan fingerprint density at radius 2 is 1.69 bits per heavy atom. The van der Waals surface area contributed by atoms with Crippen LogP contribution in [0.3, 0.4) is 0 Å². The van der Waals surface area contributed by atoms with Crippen LogP contribution in [0.4, 0.5) is 10.2 Å². The second kappa shape index (κ2) is 19.9. The Morgan fingerprint density at radius 1 is 0.887 bits per heavy atom. The molecule has 0 bridgehead atoms. The molecule has 4 atom stereocenters. The minimum atomic E-state index is -1.36. The average Bonchev–Trinajstić information content (AvgIpc) is 3.73. The first-order chi connectivity index (χ1) is 34.2. The van der Waals surface area contributed by atoms with Gasteiger partial charge >= 0.3 is 5.69 Å². The number of fused-ring (bicyclic) bond motifs is 2. The summed E-state index contributed by atoms with van der Waals surface area (Å²) in [6, 6.07) is 21.8. The lowest BCUT2D eigenvalue weighted by atomic mass is 9.84. The summed E-state index contributed by atoms with van der Waals surface area (Å²) in [6.07, 6.45) is 14.2. The van der Waals surface area contributed by atoms with Gasteiger partial charge in [-0.15, -0.1) is 0 Å². The highest BCUT2D eigenvalue weighted by Crippen LogP contribution is 2.40. The molecule has 2 amide bonds. The van der Waals surface area contributed by atoms with Gasteiger partial charge in [0.15, 0.2) is 5.78 Å². The number of pyridine rings is 2. The van der Waals surface area contributed by atoms with Gasteiger partial charge in [-0.2, -0.15) is 0 Å². The maximum atomic E-state index is 16.9. The van der Waals surface area contributed by atoms with E-state index >= 15 is 4.39 Å². The summed E-state index contributed by atoms with van der Waals surface area (Å²) in [5, 5.41) is 3.48. The highest BCUT2D eigenvalue weighted by atomic mass is 19.1. The average molecular weight is 960 g/mol. The van der Waals surface area contributed by atoms with E-state index in [1.54, 1.807) is 11.6 Å². The van der Waals surface area contributed by atoms with Crippen molar-refractivity contribution >= 4 is 45.5 Å². The number of anilines is 1. The molecule has 0 spiro atoms. The number of carbonyl (C=O) groups is 3. The summed E-state index contributed by atoms with van der Waals surface area (Å²) in [6.45, 7) is 8.85. The van der Waals surface area contributed by atoms with Gasteiger partial charge in [0.2, 0.25) is 11.8 Å². The zero-order valence-corrected chi connectivity index (χ0v) is 41.5. The van der Waals surface area contributed by atoms with Gasteiger partial charge in [-0.05, 0) is 148 Å². The van der Waals surface area contributed by atoms with Gasteiger partial charge in [-0.1, -0.05) is 55.0 Å². The molecule has 71 heavy (non-hydrogen) atoms. The standard InChI is InChI=1S/C57H66FN9O4/c1-36-29-38(7-6-26-65(34-36)35-39-9-15-47-50(30-39)64(4)56(71)67(47)48-16-18-52(68)62-55(48)70)32-57(58)23-5-8-42(19-24-57)53(69)43-12-10-40(11-13-43)41-21-27-66(28-22-41)37(2)49-31-46-45(20-25-60-54(46)63(49)3)44-14-17-51(59)61-33-44/h7-15,17,20,25,30-31,33,36-37,41,48H,5-6,16,18-19,21-24,26-29,32,34-35H2,1-4H3,(H2,59,61)(H,62,68,70)/b38-7-/t36?,37-,48?,57?/m0/s1. The molecule has 2 fully saturated rings. The van der Waals surface area contributed by atoms with E-state index < -0.39 is 17.6 Å². The van der Waals surface area contributed by atoms with Gasteiger partial charge in [-0.3, -0.25) is 38.6 Å². The molecular formula is C57H66FN9O4. The van der Waals surface area contributed by atoms with E-state index in [1.165, 1.54) is 21.4 Å². The van der Waals surface area contributed by atoms with Crippen LogP contribution in [0.1, 0.15) is 130 Å².